The SMILES string of the molecule is CC(C)CC(CN)N(C)C(C)c1cccs1. The lowest BCUT2D eigenvalue weighted by Gasteiger charge is -2.33. The van der Waals surface area contributed by atoms with Gasteiger partial charge in [0.25, 0.3) is 0 Å². The van der Waals surface area contributed by atoms with E-state index in [9.17, 15) is 0 Å². The molecule has 16 heavy (non-hydrogen) atoms. The Bertz CT molecular complexity index is 282. The van der Waals surface area contributed by atoms with Crippen LogP contribution in [0.4, 0.5) is 0 Å². The Labute approximate surface area is 103 Å². The lowest BCUT2D eigenvalue weighted by molar-refractivity contribution is 0.169. The smallest absolute Gasteiger partial charge is 0.0413 e. The van der Waals surface area contributed by atoms with Gasteiger partial charge in [-0.15, -0.1) is 11.3 Å². The summed E-state index contributed by atoms with van der Waals surface area (Å²) in [6.07, 6.45) is 1.17. The van der Waals surface area contributed by atoms with Gasteiger partial charge < -0.3 is 5.73 Å². The zero-order valence-electron chi connectivity index (χ0n) is 10.8. The quantitative estimate of drug-likeness (QED) is 0.828. The average molecular weight is 240 g/mol. The van der Waals surface area contributed by atoms with E-state index < -0.39 is 0 Å². The van der Waals surface area contributed by atoms with Gasteiger partial charge in [0.05, 0.1) is 0 Å². The molecule has 0 aliphatic heterocycles. The van der Waals surface area contributed by atoms with Crippen molar-refractivity contribution in [1.82, 2.24) is 4.90 Å². The van der Waals surface area contributed by atoms with Crippen LogP contribution in [-0.4, -0.2) is 24.5 Å². The highest BCUT2D eigenvalue weighted by Gasteiger charge is 2.21. The van der Waals surface area contributed by atoms with Gasteiger partial charge in [-0.05, 0) is 37.8 Å². The molecule has 0 saturated carbocycles. The number of hydrogen-bond acceptors (Lipinski definition) is 3. The molecule has 1 aromatic rings. The van der Waals surface area contributed by atoms with Crippen molar-refractivity contribution in [3.05, 3.63) is 22.4 Å². The highest BCUT2D eigenvalue weighted by molar-refractivity contribution is 7.10. The third-order valence-corrected chi connectivity index (χ3v) is 4.20. The standard InChI is InChI=1S/C13H24N2S/c1-10(2)8-12(9-14)15(4)11(3)13-6-5-7-16-13/h5-7,10-12H,8-9,14H2,1-4H3. The first-order valence-electron chi connectivity index (χ1n) is 6.01. The molecule has 92 valence electrons. The molecular formula is C13H24N2S. The van der Waals surface area contributed by atoms with Crippen LogP contribution < -0.4 is 5.73 Å². The minimum Gasteiger partial charge on any atom is -0.329 e. The molecule has 3 heteroatoms. The molecule has 0 spiro atoms. The summed E-state index contributed by atoms with van der Waals surface area (Å²) in [6, 6.07) is 5.27. The van der Waals surface area contributed by atoms with E-state index in [0.717, 1.165) is 6.54 Å². The minimum atomic E-state index is 0.465. The third-order valence-electron chi connectivity index (χ3n) is 3.16. The van der Waals surface area contributed by atoms with Gasteiger partial charge in [-0.2, -0.15) is 0 Å². The van der Waals surface area contributed by atoms with Crippen molar-refractivity contribution in [1.29, 1.82) is 0 Å². The van der Waals surface area contributed by atoms with Crippen LogP contribution in [0.3, 0.4) is 0 Å². The third kappa shape index (κ3) is 3.58. The van der Waals surface area contributed by atoms with E-state index in [-0.39, 0.29) is 0 Å². The van der Waals surface area contributed by atoms with E-state index in [0.29, 0.717) is 18.0 Å². The van der Waals surface area contributed by atoms with Gasteiger partial charge in [-0.3, -0.25) is 4.90 Å². The fourth-order valence-corrected chi connectivity index (χ4v) is 2.85. The van der Waals surface area contributed by atoms with Crippen molar-refractivity contribution in [2.45, 2.75) is 39.3 Å². The number of rotatable bonds is 6. The maximum absolute atomic E-state index is 5.87. The lowest BCUT2D eigenvalue weighted by Crippen LogP contribution is -2.40. The Morgan fingerprint density at radius 2 is 2.06 bits per heavy atom. The molecule has 0 saturated heterocycles. The fraction of sp³-hybridized carbons (Fsp3) is 0.692. The van der Waals surface area contributed by atoms with Crippen LogP contribution in [0.25, 0.3) is 0 Å². The average Bonchev–Trinajstić information content (AvgIpc) is 2.76. The maximum atomic E-state index is 5.87. The summed E-state index contributed by atoms with van der Waals surface area (Å²) in [4.78, 5) is 3.83. The number of thiophene rings is 1. The van der Waals surface area contributed by atoms with E-state index in [1.54, 1.807) is 0 Å². The molecule has 0 bridgehead atoms. The van der Waals surface area contributed by atoms with Crippen molar-refractivity contribution < 1.29 is 0 Å². The van der Waals surface area contributed by atoms with Gasteiger partial charge in [-0.25, -0.2) is 0 Å². The Morgan fingerprint density at radius 1 is 1.38 bits per heavy atom. The zero-order chi connectivity index (χ0) is 12.1. The summed E-state index contributed by atoms with van der Waals surface area (Å²) >= 11 is 1.82. The first kappa shape index (κ1) is 13.7. The van der Waals surface area contributed by atoms with Gasteiger partial charge in [-0.1, -0.05) is 19.9 Å². The predicted octanol–water partition coefficient (Wildman–Crippen LogP) is 3.11. The molecule has 1 rings (SSSR count). The van der Waals surface area contributed by atoms with Crippen LogP contribution in [0.15, 0.2) is 17.5 Å². The van der Waals surface area contributed by atoms with E-state index in [4.69, 9.17) is 5.73 Å². The molecule has 0 fully saturated rings. The summed E-state index contributed by atoms with van der Waals surface area (Å²) in [5, 5.41) is 2.14. The van der Waals surface area contributed by atoms with Crippen molar-refractivity contribution in [3.8, 4) is 0 Å². The summed E-state index contributed by atoms with van der Waals surface area (Å²) in [7, 11) is 2.18. The van der Waals surface area contributed by atoms with Crippen LogP contribution in [-0.2, 0) is 0 Å². The van der Waals surface area contributed by atoms with Crippen molar-refractivity contribution in [2.24, 2.45) is 11.7 Å². The molecule has 1 heterocycles. The molecule has 0 amide bonds. The molecule has 0 aliphatic rings. The van der Waals surface area contributed by atoms with Gasteiger partial charge in [0.1, 0.15) is 0 Å². The Hall–Kier alpha value is -0.380. The van der Waals surface area contributed by atoms with Gasteiger partial charge in [0.2, 0.25) is 0 Å². The van der Waals surface area contributed by atoms with Gasteiger partial charge in [0.15, 0.2) is 0 Å². The second-order valence-corrected chi connectivity index (χ2v) is 5.86. The summed E-state index contributed by atoms with van der Waals surface area (Å²) in [5.41, 5.74) is 5.87. The first-order valence-corrected chi connectivity index (χ1v) is 6.89. The molecule has 2 nitrogen and oxygen atoms in total. The van der Waals surface area contributed by atoms with E-state index in [1.165, 1.54) is 11.3 Å². The largest absolute Gasteiger partial charge is 0.329 e. The van der Waals surface area contributed by atoms with Gasteiger partial charge >= 0.3 is 0 Å². The second kappa shape index (κ2) is 6.38. The lowest BCUT2D eigenvalue weighted by atomic mass is 10.0. The van der Waals surface area contributed by atoms with Gasteiger partial charge in [0, 0.05) is 23.5 Å². The second-order valence-electron chi connectivity index (χ2n) is 4.88. The highest BCUT2D eigenvalue weighted by atomic mass is 32.1. The van der Waals surface area contributed by atoms with Crippen molar-refractivity contribution >= 4 is 11.3 Å². The van der Waals surface area contributed by atoms with Crippen LogP contribution in [0.2, 0.25) is 0 Å². The molecule has 0 aliphatic carbocycles. The van der Waals surface area contributed by atoms with E-state index in [1.807, 2.05) is 11.3 Å². The highest BCUT2D eigenvalue weighted by Crippen LogP contribution is 2.26. The minimum absolute atomic E-state index is 0.465. The Balaban J connectivity index is 2.63. The maximum Gasteiger partial charge on any atom is 0.0413 e. The zero-order valence-corrected chi connectivity index (χ0v) is 11.6. The molecule has 0 aromatic carbocycles. The normalized spacial score (nSPS) is 15.7. The van der Waals surface area contributed by atoms with E-state index >= 15 is 0 Å². The molecule has 2 unspecified atom stereocenters. The Morgan fingerprint density at radius 3 is 2.50 bits per heavy atom. The summed E-state index contributed by atoms with van der Waals surface area (Å²) in [6.45, 7) is 7.51. The molecule has 2 N–H and O–H groups in total. The van der Waals surface area contributed by atoms with Crippen LogP contribution >= 0.6 is 11.3 Å². The summed E-state index contributed by atoms with van der Waals surface area (Å²) in [5.74, 6) is 0.700. The van der Waals surface area contributed by atoms with Crippen LogP contribution in [0, 0.1) is 5.92 Å². The van der Waals surface area contributed by atoms with E-state index in [2.05, 4.69) is 50.2 Å². The van der Waals surface area contributed by atoms with Crippen molar-refractivity contribution in [3.63, 3.8) is 0 Å². The van der Waals surface area contributed by atoms with Crippen molar-refractivity contribution in [2.75, 3.05) is 13.6 Å². The predicted molar refractivity (Wildman–Crippen MR) is 72.8 cm³/mol. The monoisotopic (exact) mass is 240 g/mol. The number of nitrogens with two attached hydrogens (primary N) is 1. The summed E-state index contributed by atoms with van der Waals surface area (Å²) < 4.78 is 0. The number of likely N-dealkylation sites (N-methyl/N-ethyl adjacent to an activating group) is 1. The fourth-order valence-electron chi connectivity index (χ4n) is 2.02. The van der Waals surface area contributed by atoms with Crippen LogP contribution in [0.5, 0.6) is 0 Å². The molecule has 1 aromatic heterocycles. The van der Waals surface area contributed by atoms with Crippen LogP contribution in [0.1, 0.15) is 38.1 Å². The number of hydrogen-bond donors (Lipinski definition) is 1. The topological polar surface area (TPSA) is 29.3 Å². The molecule has 2 atom stereocenters. The number of nitrogens with zero attached hydrogens (tertiary/aromatic N) is 1. The molecule has 0 radical (unpaired) electrons. The molecular weight excluding hydrogens is 216 g/mol. The Kier molecular flexibility index (Phi) is 5.46. The first-order chi connectivity index (χ1) is 7.56.